The van der Waals surface area contributed by atoms with E-state index in [1.807, 2.05) is 0 Å². The molecule has 0 bridgehead atoms. The second kappa shape index (κ2) is 78.6. The van der Waals surface area contributed by atoms with Gasteiger partial charge in [-0.2, -0.15) is 0 Å². The number of rotatable bonds is 78. The first-order chi connectivity index (χ1) is 51.7. The summed E-state index contributed by atoms with van der Waals surface area (Å²) in [7, 11) is -9.98. The second-order valence-corrected chi connectivity index (χ2v) is 30.6. The molecule has 0 radical (unpaired) electrons. The van der Waals surface area contributed by atoms with Gasteiger partial charge in [0.15, 0.2) is 12.2 Å². The minimum absolute atomic E-state index is 0.0739. The fourth-order valence-corrected chi connectivity index (χ4v) is 12.6. The first-order valence-electron chi connectivity index (χ1n) is 41.8. The molecule has 106 heavy (non-hydrogen) atoms. The van der Waals surface area contributed by atoms with Gasteiger partial charge in [-0.15, -0.1) is 0 Å². The van der Waals surface area contributed by atoms with Crippen LogP contribution in [0.3, 0.4) is 0 Å². The van der Waals surface area contributed by atoms with Crippen LogP contribution in [0, 0.1) is 0 Å². The Morgan fingerprint density at radius 2 is 0.509 bits per heavy atom. The summed E-state index contributed by atoms with van der Waals surface area (Å²) >= 11 is 0. The molecule has 0 saturated carbocycles. The second-order valence-electron chi connectivity index (χ2n) is 27.7. The van der Waals surface area contributed by atoms with E-state index in [9.17, 15) is 43.2 Å². The number of phosphoric acid groups is 2. The average molecular weight is 1530 g/mol. The number of carbonyl (C=O) groups is 4. The van der Waals surface area contributed by atoms with Crippen LogP contribution in [0.1, 0.15) is 349 Å². The third kappa shape index (κ3) is 77.6. The Bertz CT molecular complexity index is 2480. The summed E-state index contributed by atoms with van der Waals surface area (Å²) in [6.07, 6.45) is 87.3. The molecule has 17 nitrogen and oxygen atoms in total. The molecule has 0 aromatic rings. The molecule has 610 valence electrons. The van der Waals surface area contributed by atoms with E-state index in [0.29, 0.717) is 25.7 Å². The van der Waals surface area contributed by atoms with E-state index in [0.717, 1.165) is 186 Å². The summed E-state index contributed by atoms with van der Waals surface area (Å²) < 4.78 is 68.7. The fourth-order valence-electron chi connectivity index (χ4n) is 11.1. The van der Waals surface area contributed by atoms with Crippen LogP contribution in [0.2, 0.25) is 0 Å². The summed E-state index contributed by atoms with van der Waals surface area (Å²) in [5, 5.41) is 10.7. The van der Waals surface area contributed by atoms with Crippen molar-refractivity contribution in [3.8, 4) is 0 Å². The van der Waals surface area contributed by atoms with Crippen molar-refractivity contribution in [1.82, 2.24) is 0 Å². The van der Waals surface area contributed by atoms with Gasteiger partial charge >= 0.3 is 39.5 Å². The molecule has 0 amide bonds. The van der Waals surface area contributed by atoms with Gasteiger partial charge in [0.1, 0.15) is 19.3 Å². The Balaban J connectivity index is 5.38. The van der Waals surface area contributed by atoms with Gasteiger partial charge in [0, 0.05) is 25.7 Å². The number of aliphatic hydroxyl groups is 1. The first-order valence-corrected chi connectivity index (χ1v) is 44.8. The lowest BCUT2D eigenvalue weighted by Crippen LogP contribution is -2.30. The Morgan fingerprint density at radius 1 is 0.274 bits per heavy atom. The van der Waals surface area contributed by atoms with Gasteiger partial charge in [0.05, 0.1) is 26.4 Å². The maximum Gasteiger partial charge on any atom is 0.472 e. The molecule has 0 aliphatic rings. The highest BCUT2D eigenvalue weighted by atomic mass is 31.2. The molecule has 5 unspecified atom stereocenters. The minimum atomic E-state index is -4.99. The molecule has 3 N–H and O–H groups in total. The Kier molecular flexibility index (Phi) is 75.2. The SMILES string of the molecule is CC/C=C\C/C=C\C/C=C\C/C=C\C/C=C\CCCCCC(=O)OCC(COP(=O)(O)OCC(O)COP(=O)(O)OCC(COC(=O)CCCCCCCC/C=C\C/C=C\C/C=C\CCCCC)OC(=O)CCCCCCC/C=C\C/C=C\CCC)OC(=O)CCCCCCCCCCCCCCCCC. The van der Waals surface area contributed by atoms with Crippen LogP contribution in [0.25, 0.3) is 0 Å². The van der Waals surface area contributed by atoms with E-state index in [2.05, 4.69) is 149 Å². The van der Waals surface area contributed by atoms with Gasteiger partial charge in [-0.3, -0.25) is 37.3 Å². The lowest BCUT2D eigenvalue weighted by atomic mass is 10.0. The molecular weight excluding hydrogens is 1380 g/mol. The largest absolute Gasteiger partial charge is 0.472 e. The number of carbonyl (C=O) groups excluding carboxylic acids is 4. The lowest BCUT2D eigenvalue weighted by Gasteiger charge is -2.21. The van der Waals surface area contributed by atoms with Crippen molar-refractivity contribution in [3.63, 3.8) is 0 Å². The van der Waals surface area contributed by atoms with Gasteiger partial charge in [0.25, 0.3) is 0 Å². The standard InChI is InChI=1S/C87H150O17P2/c1-5-9-13-17-21-25-29-33-36-38-40-42-45-48-51-55-59-63-67-71-84(89)97-77-82(103-86(91)73-69-65-61-57-53-47-32-28-24-20-16-12-8-4)79-101-105(93,94)99-75-81(88)76-100-106(95,96)102-80-83(104-87(92)74-70-66-62-58-54-50-44-35-31-27-23-19-15-11-7-3)78-98-85(90)72-68-64-60-56-52-49-46-43-41-39-37-34-30-26-22-18-14-10-6-2/h10,14,16,20-22,25-26,28,32-34,36-37,40-43,49,52,81-83,88H,5-9,11-13,15,17-19,23-24,27,29-31,35,38-39,44-48,50-51,53-80H2,1-4H3,(H,93,94)(H,95,96)/b14-10-,20-16-,25-21-,26-22-,32-28-,36-33-,37-34-,42-40-,43-41-,52-49-. The predicted octanol–water partition coefficient (Wildman–Crippen LogP) is 24.7. The van der Waals surface area contributed by atoms with Crippen LogP contribution >= 0.6 is 15.6 Å². The van der Waals surface area contributed by atoms with Gasteiger partial charge in [-0.25, -0.2) is 9.13 Å². The number of hydrogen-bond acceptors (Lipinski definition) is 15. The quantitative estimate of drug-likeness (QED) is 0.0169. The summed E-state index contributed by atoms with van der Waals surface area (Å²) in [6, 6.07) is 0. The van der Waals surface area contributed by atoms with Gasteiger partial charge in [-0.05, 0) is 135 Å². The molecule has 0 heterocycles. The van der Waals surface area contributed by atoms with Crippen LogP contribution in [0.15, 0.2) is 122 Å². The Morgan fingerprint density at radius 3 is 0.821 bits per heavy atom. The average Bonchev–Trinajstić information content (AvgIpc) is 0.933. The molecule has 0 aliphatic heterocycles. The first kappa shape index (κ1) is 101. The molecule has 0 fully saturated rings. The molecule has 0 spiro atoms. The Hall–Kier alpha value is -4.54. The lowest BCUT2D eigenvalue weighted by molar-refractivity contribution is -0.161. The monoisotopic (exact) mass is 1530 g/mol. The minimum Gasteiger partial charge on any atom is -0.462 e. The van der Waals surface area contributed by atoms with E-state index in [1.165, 1.54) is 83.5 Å². The number of phosphoric ester groups is 2. The van der Waals surface area contributed by atoms with E-state index in [-0.39, 0.29) is 25.7 Å². The van der Waals surface area contributed by atoms with Crippen molar-refractivity contribution >= 4 is 39.5 Å². The molecule has 19 heteroatoms. The highest BCUT2D eigenvalue weighted by Gasteiger charge is 2.30. The van der Waals surface area contributed by atoms with Crippen molar-refractivity contribution in [3.05, 3.63) is 122 Å². The Labute approximate surface area is 644 Å². The molecule has 0 rings (SSSR count). The third-order valence-electron chi connectivity index (χ3n) is 17.4. The number of aliphatic hydroxyl groups excluding tert-OH is 1. The molecule has 5 atom stereocenters. The van der Waals surface area contributed by atoms with Crippen LogP contribution in [-0.2, 0) is 65.4 Å². The highest BCUT2D eigenvalue weighted by Crippen LogP contribution is 2.45. The number of unbranched alkanes of at least 4 members (excludes halogenated alkanes) is 32. The maximum absolute atomic E-state index is 13.1. The van der Waals surface area contributed by atoms with E-state index in [4.69, 9.17) is 37.0 Å². The number of allylic oxidation sites excluding steroid dienone is 20. The summed E-state index contributed by atoms with van der Waals surface area (Å²) in [4.78, 5) is 73.1. The van der Waals surface area contributed by atoms with Crippen LogP contribution in [0.5, 0.6) is 0 Å². The summed E-state index contributed by atoms with van der Waals surface area (Å²) in [6.45, 7) is 4.65. The van der Waals surface area contributed by atoms with E-state index < -0.39 is 97.5 Å². The van der Waals surface area contributed by atoms with Crippen LogP contribution < -0.4 is 0 Å². The van der Waals surface area contributed by atoms with Crippen LogP contribution in [-0.4, -0.2) is 96.7 Å². The molecule has 0 aromatic heterocycles. The number of ether oxygens (including phenoxy) is 4. The predicted molar refractivity (Wildman–Crippen MR) is 436 cm³/mol. The summed E-state index contributed by atoms with van der Waals surface area (Å²) in [5.41, 5.74) is 0. The molecule has 0 aliphatic carbocycles. The van der Waals surface area contributed by atoms with E-state index in [1.54, 1.807) is 0 Å². The maximum atomic E-state index is 13.1. The zero-order valence-corrected chi connectivity index (χ0v) is 68.6. The molecule has 0 aromatic carbocycles. The zero-order valence-electron chi connectivity index (χ0n) is 66.8. The summed E-state index contributed by atoms with van der Waals surface area (Å²) in [5.74, 6) is -2.23. The van der Waals surface area contributed by atoms with Gasteiger partial charge in [0.2, 0.25) is 0 Å². The third-order valence-corrected chi connectivity index (χ3v) is 19.3. The smallest absolute Gasteiger partial charge is 0.462 e. The van der Waals surface area contributed by atoms with Crippen molar-refractivity contribution < 1.29 is 80.2 Å². The van der Waals surface area contributed by atoms with Crippen molar-refractivity contribution in [1.29, 1.82) is 0 Å². The van der Waals surface area contributed by atoms with Gasteiger partial charge < -0.3 is 33.8 Å². The van der Waals surface area contributed by atoms with Crippen molar-refractivity contribution in [2.45, 2.75) is 367 Å². The topological polar surface area (TPSA) is 237 Å². The normalized spacial score (nSPS) is 14.4. The fraction of sp³-hybridized carbons (Fsp3) is 0.724. The molecule has 0 saturated heterocycles. The van der Waals surface area contributed by atoms with E-state index >= 15 is 0 Å². The van der Waals surface area contributed by atoms with Crippen molar-refractivity contribution in [2.24, 2.45) is 0 Å². The van der Waals surface area contributed by atoms with Crippen molar-refractivity contribution in [2.75, 3.05) is 39.6 Å². The highest BCUT2D eigenvalue weighted by molar-refractivity contribution is 7.47. The van der Waals surface area contributed by atoms with Gasteiger partial charge in [-0.1, -0.05) is 310 Å². The number of esters is 4. The van der Waals surface area contributed by atoms with Crippen LogP contribution in [0.4, 0.5) is 0 Å². The number of hydrogen-bond donors (Lipinski definition) is 3. The zero-order chi connectivity index (χ0) is 77.4. The molecular formula is C87H150O17P2.